The number of carbonyl (C=O) groups excluding carboxylic acids is 1. The van der Waals surface area contributed by atoms with E-state index in [1.807, 2.05) is 0 Å². The number of pyridine rings is 1. The van der Waals surface area contributed by atoms with E-state index in [9.17, 15) is 35.5 Å². The van der Waals surface area contributed by atoms with Crippen molar-refractivity contribution in [3.63, 3.8) is 0 Å². The van der Waals surface area contributed by atoms with Crippen molar-refractivity contribution in [2.45, 2.75) is 18.4 Å². The predicted molar refractivity (Wildman–Crippen MR) is 92.0 cm³/mol. The number of alkyl halides is 6. The first-order chi connectivity index (χ1) is 14.5. The molecule has 3 aromatic rings. The summed E-state index contributed by atoms with van der Waals surface area (Å²) >= 11 is 0. The van der Waals surface area contributed by atoms with Gasteiger partial charge in [0.15, 0.2) is 0 Å². The topological polar surface area (TPSA) is 67.8 Å². The molecule has 2 heterocycles. The molecule has 0 aliphatic carbocycles. The SMILES string of the molecule is O=C(N[C@@H](c1ccc(C(F)(F)F)c(F)c1)c1ncccc1C(F)(F)F)c1cnccn1. The molecule has 0 saturated carbocycles. The summed E-state index contributed by atoms with van der Waals surface area (Å²) in [5.41, 5.74) is -4.24. The molecule has 0 radical (unpaired) electrons. The molecule has 1 atom stereocenters. The normalized spacial score (nSPS) is 13.0. The van der Waals surface area contributed by atoms with Crippen molar-refractivity contribution in [2.24, 2.45) is 0 Å². The molecule has 0 saturated heterocycles. The number of aromatic nitrogens is 3. The summed E-state index contributed by atoms with van der Waals surface area (Å²) < 4.78 is 93.2. The lowest BCUT2D eigenvalue weighted by Gasteiger charge is -2.22. The number of halogens is 7. The van der Waals surface area contributed by atoms with Gasteiger partial charge in [-0.15, -0.1) is 0 Å². The molecule has 162 valence electrons. The van der Waals surface area contributed by atoms with Crippen molar-refractivity contribution in [3.05, 3.63) is 89.0 Å². The van der Waals surface area contributed by atoms with Crippen molar-refractivity contribution in [1.82, 2.24) is 20.3 Å². The molecule has 0 unspecified atom stereocenters. The van der Waals surface area contributed by atoms with Gasteiger partial charge in [-0.05, 0) is 29.8 Å². The van der Waals surface area contributed by atoms with E-state index in [0.717, 1.165) is 30.7 Å². The van der Waals surface area contributed by atoms with Crippen LogP contribution in [-0.2, 0) is 12.4 Å². The largest absolute Gasteiger partial charge is 0.419 e. The number of rotatable bonds is 4. The summed E-state index contributed by atoms with van der Waals surface area (Å²) in [5, 5.41) is 2.21. The average Bonchev–Trinajstić information content (AvgIpc) is 2.71. The van der Waals surface area contributed by atoms with Crippen LogP contribution in [0.25, 0.3) is 0 Å². The zero-order valence-corrected chi connectivity index (χ0v) is 15.2. The number of hydrogen-bond donors (Lipinski definition) is 1. The summed E-state index contributed by atoms with van der Waals surface area (Å²) in [6.45, 7) is 0. The van der Waals surface area contributed by atoms with E-state index in [2.05, 4.69) is 20.3 Å². The molecule has 1 N–H and O–H groups in total. The van der Waals surface area contributed by atoms with Crippen LogP contribution < -0.4 is 5.32 Å². The summed E-state index contributed by atoms with van der Waals surface area (Å²) in [4.78, 5) is 23.5. The van der Waals surface area contributed by atoms with Gasteiger partial charge in [0.05, 0.1) is 29.1 Å². The van der Waals surface area contributed by atoms with E-state index in [-0.39, 0.29) is 11.3 Å². The van der Waals surface area contributed by atoms with E-state index in [1.165, 1.54) is 6.20 Å². The Labute approximate surface area is 170 Å². The molecular formula is C19H11F7N4O. The minimum absolute atomic E-state index is 0.274. The monoisotopic (exact) mass is 444 g/mol. The highest BCUT2D eigenvalue weighted by atomic mass is 19.4. The molecule has 12 heteroatoms. The van der Waals surface area contributed by atoms with Gasteiger partial charge in [0, 0.05) is 18.6 Å². The first-order valence-corrected chi connectivity index (χ1v) is 8.44. The Kier molecular flexibility index (Phi) is 5.91. The highest BCUT2D eigenvalue weighted by Crippen LogP contribution is 2.37. The molecule has 31 heavy (non-hydrogen) atoms. The third-order valence-electron chi connectivity index (χ3n) is 4.12. The second-order valence-corrected chi connectivity index (χ2v) is 6.17. The molecule has 1 amide bonds. The summed E-state index contributed by atoms with van der Waals surface area (Å²) in [6.07, 6.45) is -5.47. The fourth-order valence-electron chi connectivity index (χ4n) is 2.76. The van der Waals surface area contributed by atoms with Crippen molar-refractivity contribution < 1.29 is 35.5 Å². The zero-order valence-electron chi connectivity index (χ0n) is 15.2. The Morgan fingerprint density at radius 3 is 2.19 bits per heavy atom. The highest BCUT2D eigenvalue weighted by Gasteiger charge is 2.38. The third kappa shape index (κ3) is 4.95. The fourth-order valence-corrected chi connectivity index (χ4v) is 2.76. The van der Waals surface area contributed by atoms with Crippen LogP contribution in [-0.4, -0.2) is 20.9 Å². The predicted octanol–water partition coefficient (Wildman–Crippen LogP) is 4.57. The quantitative estimate of drug-likeness (QED) is 0.599. The van der Waals surface area contributed by atoms with Gasteiger partial charge in [-0.1, -0.05) is 6.07 Å². The van der Waals surface area contributed by atoms with E-state index in [4.69, 9.17) is 0 Å². The van der Waals surface area contributed by atoms with Crippen LogP contribution in [0.3, 0.4) is 0 Å². The van der Waals surface area contributed by atoms with E-state index >= 15 is 0 Å². The second kappa shape index (κ2) is 8.28. The van der Waals surface area contributed by atoms with Gasteiger partial charge in [-0.25, -0.2) is 9.37 Å². The number of nitrogens with one attached hydrogen (secondary N) is 1. The first-order valence-electron chi connectivity index (χ1n) is 8.44. The van der Waals surface area contributed by atoms with E-state index in [1.54, 1.807) is 0 Å². The minimum Gasteiger partial charge on any atom is -0.338 e. The summed E-state index contributed by atoms with van der Waals surface area (Å²) in [5.74, 6) is -2.70. The van der Waals surface area contributed by atoms with Gasteiger partial charge < -0.3 is 5.32 Å². The highest BCUT2D eigenvalue weighted by molar-refractivity contribution is 5.92. The molecule has 0 spiro atoms. The molecule has 1 aromatic carbocycles. The molecule has 3 rings (SSSR count). The van der Waals surface area contributed by atoms with Crippen LogP contribution in [0.1, 0.15) is 38.9 Å². The van der Waals surface area contributed by atoms with Crippen LogP contribution in [0.2, 0.25) is 0 Å². The van der Waals surface area contributed by atoms with Gasteiger partial charge in [0.2, 0.25) is 0 Å². The standard InChI is InChI=1S/C19H11F7N4O/c20-13-8-10(3-4-11(13)18(21,22)23)15(30-17(31)14-9-27-6-7-28-14)16-12(19(24,25)26)2-1-5-29-16/h1-9,15H,(H,30,31)/t15-/m0/s1. The van der Waals surface area contributed by atoms with Gasteiger partial charge in [-0.3, -0.25) is 14.8 Å². The summed E-state index contributed by atoms with van der Waals surface area (Å²) in [6, 6.07) is 1.50. The lowest BCUT2D eigenvalue weighted by molar-refractivity contribution is -0.140. The Hall–Kier alpha value is -3.57. The average molecular weight is 444 g/mol. The van der Waals surface area contributed by atoms with Crippen LogP contribution in [0, 0.1) is 5.82 Å². The van der Waals surface area contributed by atoms with Gasteiger partial charge >= 0.3 is 12.4 Å². The maximum Gasteiger partial charge on any atom is 0.419 e. The van der Waals surface area contributed by atoms with E-state index < -0.39 is 46.9 Å². The molecule has 2 aromatic heterocycles. The van der Waals surface area contributed by atoms with Crippen LogP contribution in [0.4, 0.5) is 30.7 Å². The first kappa shape index (κ1) is 22.1. The van der Waals surface area contributed by atoms with Gasteiger partial charge in [0.1, 0.15) is 11.5 Å². The molecule has 0 aliphatic rings. The lowest BCUT2D eigenvalue weighted by Crippen LogP contribution is -2.32. The van der Waals surface area contributed by atoms with Crippen LogP contribution >= 0.6 is 0 Å². The smallest absolute Gasteiger partial charge is 0.338 e. The third-order valence-corrected chi connectivity index (χ3v) is 4.12. The summed E-state index contributed by atoms with van der Waals surface area (Å²) in [7, 11) is 0. The van der Waals surface area contributed by atoms with Gasteiger partial charge in [-0.2, -0.15) is 26.3 Å². The number of carbonyl (C=O) groups is 1. The second-order valence-electron chi connectivity index (χ2n) is 6.17. The number of hydrogen-bond acceptors (Lipinski definition) is 4. The Morgan fingerprint density at radius 2 is 1.61 bits per heavy atom. The lowest BCUT2D eigenvalue weighted by atomic mass is 9.97. The van der Waals surface area contributed by atoms with Crippen LogP contribution in [0.5, 0.6) is 0 Å². The molecule has 5 nitrogen and oxygen atoms in total. The number of amides is 1. The maximum absolute atomic E-state index is 14.1. The molecule has 0 aliphatic heterocycles. The Bertz CT molecular complexity index is 1080. The fraction of sp³-hybridized carbons (Fsp3) is 0.158. The molecular weight excluding hydrogens is 433 g/mol. The van der Waals surface area contributed by atoms with Crippen molar-refractivity contribution >= 4 is 5.91 Å². The minimum atomic E-state index is -5.01. The molecule has 0 fully saturated rings. The van der Waals surface area contributed by atoms with Crippen molar-refractivity contribution in [1.29, 1.82) is 0 Å². The van der Waals surface area contributed by atoms with Crippen molar-refractivity contribution in [3.8, 4) is 0 Å². The Balaban J connectivity index is 2.12. The van der Waals surface area contributed by atoms with Crippen LogP contribution in [0.15, 0.2) is 55.1 Å². The van der Waals surface area contributed by atoms with E-state index in [0.29, 0.717) is 18.2 Å². The van der Waals surface area contributed by atoms with Gasteiger partial charge in [0.25, 0.3) is 5.91 Å². The number of benzene rings is 1. The Morgan fingerprint density at radius 1 is 0.903 bits per heavy atom. The zero-order chi connectivity index (χ0) is 22.8. The van der Waals surface area contributed by atoms with Crippen molar-refractivity contribution in [2.75, 3.05) is 0 Å². The maximum atomic E-state index is 14.1. The molecule has 0 bridgehead atoms. The number of nitrogens with zero attached hydrogens (tertiary/aromatic N) is 3.